The molecule has 1 atom stereocenters. The number of likely N-dealkylation sites (tertiary alicyclic amines) is 1. The van der Waals surface area contributed by atoms with Gasteiger partial charge in [-0.05, 0) is 43.6 Å². The lowest BCUT2D eigenvalue weighted by atomic mass is 9.99. The molecule has 0 saturated carbocycles. The number of hydrogen-bond donors (Lipinski definition) is 0. The lowest BCUT2D eigenvalue weighted by Crippen LogP contribution is -2.35. The van der Waals surface area contributed by atoms with E-state index in [1.165, 1.54) is 19.3 Å². The van der Waals surface area contributed by atoms with E-state index in [-0.39, 0.29) is 11.8 Å². The zero-order valence-electron chi connectivity index (χ0n) is 12.9. The maximum Gasteiger partial charge on any atom is 0.139 e. The van der Waals surface area contributed by atoms with Gasteiger partial charge in [-0.1, -0.05) is 36.8 Å². The van der Waals surface area contributed by atoms with Crippen molar-refractivity contribution in [3.63, 3.8) is 0 Å². The van der Waals surface area contributed by atoms with Gasteiger partial charge in [0, 0.05) is 12.8 Å². The van der Waals surface area contributed by atoms with Crippen LogP contribution in [-0.2, 0) is 11.2 Å². The SMILES string of the molecule is O=C(Cc1ccccc1)C[C@H](c1ccco1)N1CCCCC1. The quantitative estimate of drug-likeness (QED) is 0.808. The van der Waals surface area contributed by atoms with Crippen LogP contribution in [0.1, 0.15) is 43.0 Å². The molecule has 1 aromatic heterocycles. The Morgan fingerprint density at radius 3 is 2.50 bits per heavy atom. The number of furan rings is 1. The molecule has 22 heavy (non-hydrogen) atoms. The maximum absolute atomic E-state index is 12.5. The van der Waals surface area contributed by atoms with Crippen molar-refractivity contribution in [1.82, 2.24) is 4.90 Å². The van der Waals surface area contributed by atoms with E-state index in [1.807, 2.05) is 42.5 Å². The first-order chi connectivity index (χ1) is 10.8. The Bertz CT molecular complexity index is 571. The van der Waals surface area contributed by atoms with Crippen molar-refractivity contribution in [2.45, 2.75) is 38.1 Å². The molecule has 0 N–H and O–H groups in total. The molecular formula is C19H23NO2. The van der Waals surface area contributed by atoms with E-state index >= 15 is 0 Å². The summed E-state index contributed by atoms with van der Waals surface area (Å²) in [7, 11) is 0. The molecular weight excluding hydrogens is 274 g/mol. The van der Waals surface area contributed by atoms with Gasteiger partial charge in [-0.15, -0.1) is 0 Å². The minimum Gasteiger partial charge on any atom is -0.468 e. The second-order valence-electron chi connectivity index (χ2n) is 6.03. The average molecular weight is 297 g/mol. The van der Waals surface area contributed by atoms with E-state index in [1.54, 1.807) is 6.26 Å². The molecule has 0 spiro atoms. The van der Waals surface area contributed by atoms with E-state index in [2.05, 4.69) is 4.90 Å². The van der Waals surface area contributed by atoms with Crippen LogP contribution in [0.4, 0.5) is 0 Å². The van der Waals surface area contributed by atoms with Gasteiger partial charge < -0.3 is 4.42 Å². The molecule has 0 bridgehead atoms. The molecule has 0 radical (unpaired) electrons. The van der Waals surface area contributed by atoms with Crippen molar-refractivity contribution in [2.24, 2.45) is 0 Å². The van der Waals surface area contributed by atoms with Gasteiger partial charge in [0.1, 0.15) is 11.5 Å². The maximum atomic E-state index is 12.5. The average Bonchev–Trinajstić information content (AvgIpc) is 3.08. The van der Waals surface area contributed by atoms with Crippen molar-refractivity contribution >= 4 is 5.78 Å². The molecule has 0 aliphatic carbocycles. The highest BCUT2D eigenvalue weighted by Crippen LogP contribution is 2.28. The van der Waals surface area contributed by atoms with Gasteiger partial charge in [0.25, 0.3) is 0 Å². The van der Waals surface area contributed by atoms with Crippen molar-refractivity contribution in [3.05, 3.63) is 60.1 Å². The van der Waals surface area contributed by atoms with Crippen LogP contribution in [0.2, 0.25) is 0 Å². The van der Waals surface area contributed by atoms with Crippen molar-refractivity contribution in [2.75, 3.05) is 13.1 Å². The third kappa shape index (κ3) is 3.86. The molecule has 3 rings (SSSR count). The van der Waals surface area contributed by atoms with Gasteiger partial charge in [-0.2, -0.15) is 0 Å². The highest BCUT2D eigenvalue weighted by Gasteiger charge is 2.26. The van der Waals surface area contributed by atoms with Gasteiger partial charge in [-0.3, -0.25) is 9.69 Å². The van der Waals surface area contributed by atoms with Crippen molar-refractivity contribution in [3.8, 4) is 0 Å². The predicted octanol–water partition coefficient (Wildman–Crippen LogP) is 4.01. The van der Waals surface area contributed by atoms with E-state index in [0.717, 1.165) is 24.4 Å². The fourth-order valence-corrected chi connectivity index (χ4v) is 3.23. The summed E-state index contributed by atoms with van der Waals surface area (Å²) in [6.07, 6.45) is 6.45. The van der Waals surface area contributed by atoms with Gasteiger partial charge in [0.05, 0.1) is 12.3 Å². The number of piperidine rings is 1. The smallest absolute Gasteiger partial charge is 0.139 e. The van der Waals surface area contributed by atoms with Crippen LogP contribution in [0.5, 0.6) is 0 Å². The summed E-state index contributed by atoms with van der Waals surface area (Å²) in [5, 5.41) is 0. The summed E-state index contributed by atoms with van der Waals surface area (Å²) in [5.41, 5.74) is 1.09. The first-order valence-corrected chi connectivity index (χ1v) is 8.16. The van der Waals surface area contributed by atoms with Crippen LogP contribution in [0.15, 0.2) is 53.1 Å². The van der Waals surface area contributed by atoms with Crippen LogP contribution in [0.25, 0.3) is 0 Å². The highest BCUT2D eigenvalue weighted by atomic mass is 16.3. The summed E-state index contributed by atoms with van der Waals surface area (Å²) in [5.74, 6) is 1.20. The highest BCUT2D eigenvalue weighted by molar-refractivity contribution is 5.81. The van der Waals surface area contributed by atoms with E-state index in [9.17, 15) is 4.79 Å². The van der Waals surface area contributed by atoms with Gasteiger partial charge in [0.15, 0.2) is 0 Å². The number of nitrogens with zero attached hydrogens (tertiary/aromatic N) is 1. The lowest BCUT2D eigenvalue weighted by Gasteiger charge is -2.33. The third-order valence-electron chi connectivity index (χ3n) is 4.37. The Hall–Kier alpha value is -1.87. The van der Waals surface area contributed by atoms with E-state index < -0.39 is 0 Å². The first-order valence-electron chi connectivity index (χ1n) is 8.16. The largest absolute Gasteiger partial charge is 0.468 e. The lowest BCUT2D eigenvalue weighted by molar-refractivity contribution is -0.120. The van der Waals surface area contributed by atoms with Gasteiger partial charge in [-0.25, -0.2) is 0 Å². The van der Waals surface area contributed by atoms with Crippen LogP contribution in [-0.4, -0.2) is 23.8 Å². The van der Waals surface area contributed by atoms with Crippen molar-refractivity contribution in [1.29, 1.82) is 0 Å². The third-order valence-corrected chi connectivity index (χ3v) is 4.37. The normalized spacial score (nSPS) is 17.3. The standard InChI is InChI=1S/C19H23NO2/c21-17(14-16-8-3-1-4-9-16)15-18(19-10-7-13-22-19)20-11-5-2-6-12-20/h1,3-4,7-10,13,18H,2,5-6,11-12,14-15H2/t18-/m1/s1. The molecule has 116 valence electrons. The predicted molar refractivity (Wildman–Crippen MR) is 86.6 cm³/mol. The van der Waals surface area contributed by atoms with Crippen LogP contribution >= 0.6 is 0 Å². The molecule has 0 unspecified atom stereocenters. The number of benzene rings is 1. The number of carbonyl (C=O) groups excluding carboxylic acids is 1. The second kappa shape index (κ2) is 7.41. The zero-order valence-corrected chi connectivity index (χ0v) is 12.9. The summed E-state index contributed by atoms with van der Waals surface area (Å²) < 4.78 is 5.61. The number of ketones is 1. The Morgan fingerprint density at radius 1 is 1.05 bits per heavy atom. The molecule has 1 aromatic carbocycles. The number of Topliss-reactive ketones (excluding diaryl/α,β-unsaturated/α-hetero) is 1. The number of hydrogen-bond acceptors (Lipinski definition) is 3. The molecule has 3 heteroatoms. The van der Waals surface area contributed by atoms with Gasteiger partial charge in [0.2, 0.25) is 0 Å². The van der Waals surface area contributed by atoms with Gasteiger partial charge >= 0.3 is 0 Å². The fourth-order valence-electron chi connectivity index (χ4n) is 3.23. The molecule has 2 heterocycles. The zero-order chi connectivity index (χ0) is 15.2. The topological polar surface area (TPSA) is 33.5 Å². The van der Waals surface area contributed by atoms with Crippen LogP contribution < -0.4 is 0 Å². The first kappa shape index (κ1) is 15.0. The van der Waals surface area contributed by atoms with Crippen LogP contribution in [0, 0.1) is 0 Å². The van der Waals surface area contributed by atoms with Crippen LogP contribution in [0.3, 0.4) is 0 Å². The summed E-state index contributed by atoms with van der Waals surface area (Å²) in [6, 6.07) is 14.0. The Kier molecular flexibility index (Phi) is 5.07. The summed E-state index contributed by atoms with van der Waals surface area (Å²) in [4.78, 5) is 14.9. The Morgan fingerprint density at radius 2 is 1.82 bits per heavy atom. The summed E-state index contributed by atoms with van der Waals surface area (Å²) in [6.45, 7) is 2.12. The Balaban J connectivity index is 1.68. The second-order valence-corrected chi connectivity index (χ2v) is 6.03. The fraction of sp³-hybridized carbons (Fsp3) is 0.421. The minimum atomic E-state index is 0.0894. The molecule has 1 saturated heterocycles. The molecule has 1 aliphatic heterocycles. The molecule has 1 aliphatic rings. The number of carbonyl (C=O) groups is 1. The summed E-state index contributed by atoms with van der Waals surface area (Å²) >= 11 is 0. The molecule has 0 amide bonds. The Labute approximate surface area is 131 Å². The minimum absolute atomic E-state index is 0.0894. The van der Waals surface area contributed by atoms with E-state index in [0.29, 0.717) is 12.8 Å². The number of rotatable bonds is 6. The molecule has 2 aromatic rings. The van der Waals surface area contributed by atoms with Crippen molar-refractivity contribution < 1.29 is 9.21 Å². The molecule has 1 fully saturated rings. The monoisotopic (exact) mass is 297 g/mol. The van der Waals surface area contributed by atoms with E-state index in [4.69, 9.17) is 4.42 Å². The molecule has 3 nitrogen and oxygen atoms in total.